The van der Waals surface area contributed by atoms with Crippen molar-refractivity contribution in [1.82, 2.24) is 5.32 Å². The number of anilines is 1. The highest BCUT2D eigenvalue weighted by Crippen LogP contribution is 2.33. The lowest BCUT2D eigenvalue weighted by atomic mass is 9.87. The predicted molar refractivity (Wildman–Crippen MR) is 88.8 cm³/mol. The minimum Gasteiger partial charge on any atom is -0.345 e. The van der Waals surface area contributed by atoms with E-state index in [1.54, 1.807) is 0 Å². The van der Waals surface area contributed by atoms with Gasteiger partial charge in [0.15, 0.2) is 0 Å². The highest BCUT2D eigenvalue weighted by Gasteiger charge is 2.34. The number of halogens is 4. The molecular formula is C18H22F4N2O2. The lowest BCUT2D eigenvalue weighted by molar-refractivity contribution is -0.140. The van der Waals surface area contributed by atoms with Gasteiger partial charge in [-0.05, 0) is 43.9 Å². The van der Waals surface area contributed by atoms with Crippen molar-refractivity contribution in [2.24, 2.45) is 5.92 Å². The van der Waals surface area contributed by atoms with Crippen molar-refractivity contribution < 1.29 is 27.2 Å². The second-order valence-corrected chi connectivity index (χ2v) is 6.68. The van der Waals surface area contributed by atoms with Gasteiger partial charge >= 0.3 is 6.18 Å². The Bertz CT molecular complexity index is 655. The Morgan fingerprint density at radius 3 is 2.46 bits per heavy atom. The molecule has 0 spiro atoms. The summed E-state index contributed by atoms with van der Waals surface area (Å²) in [6, 6.07) is 1.30. The summed E-state index contributed by atoms with van der Waals surface area (Å²) < 4.78 is 51.4. The molecule has 1 saturated carbocycles. The highest BCUT2D eigenvalue weighted by atomic mass is 19.4. The number of nitrogens with one attached hydrogen (secondary N) is 2. The molecule has 8 heteroatoms. The van der Waals surface area contributed by atoms with Crippen molar-refractivity contribution in [2.75, 3.05) is 5.32 Å². The zero-order chi connectivity index (χ0) is 19.3. The van der Waals surface area contributed by atoms with E-state index in [4.69, 9.17) is 0 Å². The third kappa shape index (κ3) is 5.71. The topological polar surface area (TPSA) is 58.2 Å². The first-order valence-corrected chi connectivity index (χ1v) is 8.64. The molecule has 26 heavy (non-hydrogen) atoms. The first kappa shape index (κ1) is 20.2. The molecule has 0 bridgehead atoms. The van der Waals surface area contributed by atoms with Crippen LogP contribution in [0.15, 0.2) is 18.2 Å². The van der Waals surface area contributed by atoms with Gasteiger partial charge in [-0.3, -0.25) is 9.59 Å². The molecule has 0 heterocycles. The zero-order valence-corrected chi connectivity index (χ0v) is 14.5. The van der Waals surface area contributed by atoms with Crippen LogP contribution in [0.2, 0.25) is 0 Å². The maximum atomic E-state index is 13.3. The Hall–Kier alpha value is -2.12. The molecule has 0 aromatic heterocycles. The fourth-order valence-corrected chi connectivity index (χ4v) is 3.09. The van der Waals surface area contributed by atoms with E-state index in [0.717, 1.165) is 31.7 Å². The predicted octanol–water partition coefficient (Wildman–Crippen LogP) is 4.26. The van der Waals surface area contributed by atoms with E-state index in [0.29, 0.717) is 24.5 Å². The van der Waals surface area contributed by atoms with Crippen LogP contribution in [0.25, 0.3) is 0 Å². The Morgan fingerprint density at radius 1 is 1.19 bits per heavy atom. The van der Waals surface area contributed by atoms with E-state index in [-0.39, 0.29) is 11.6 Å². The van der Waals surface area contributed by atoms with Gasteiger partial charge in [0.2, 0.25) is 11.8 Å². The molecule has 0 saturated heterocycles. The smallest absolute Gasteiger partial charge is 0.345 e. The number of hydrogen-bond donors (Lipinski definition) is 2. The Morgan fingerprint density at radius 2 is 1.85 bits per heavy atom. The van der Waals surface area contributed by atoms with Gasteiger partial charge in [-0.1, -0.05) is 19.3 Å². The molecule has 1 atom stereocenters. The largest absolute Gasteiger partial charge is 0.419 e. The summed E-state index contributed by atoms with van der Waals surface area (Å²) in [6.07, 6.45) is 0.833. The maximum Gasteiger partial charge on any atom is 0.419 e. The second kappa shape index (κ2) is 8.51. The summed E-state index contributed by atoms with van der Waals surface area (Å²) in [6.45, 7) is 1.45. The van der Waals surface area contributed by atoms with E-state index in [1.807, 2.05) is 0 Å². The van der Waals surface area contributed by atoms with Crippen molar-refractivity contribution in [3.63, 3.8) is 0 Å². The summed E-state index contributed by atoms with van der Waals surface area (Å²) in [4.78, 5) is 24.1. The van der Waals surface area contributed by atoms with Gasteiger partial charge in [0.1, 0.15) is 11.9 Å². The third-order valence-corrected chi connectivity index (χ3v) is 4.51. The quantitative estimate of drug-likeness (QED) is 0.757. The molecule has 144 valence electrons. The van der Waals surface area contributed by atoms with Gasteiger partial charge in [-0.25, -0.2) is 4.39 Å². The molecule has 1 aliphatic rings. The second-order valence-electron chi connectivity index (χ2n) is 6.68. The van der Waals surface area contributed by atoms with Crippen LogP contribution in [-0.2, 0) is 15.8 Å². The number of carbonyl (C=O) groups is 2. The molecule has 0 radical (unpaired) electrons. The fraction of sp³-hybridized carbons (Fsp3) is 0.556. The van der Waals surface area contributed by atoms with Gasteiger partial charge in [-0.15, -0.1) is 0 Å². The Kier molecular flexibility index (Phi) is 6.61. The molecule has 1 unspecified atom stereocenters. The molecule has 0 aliphatic heterocycles. The summed E-state index contributed by atoms with van der Waals surface area (Å²) in [5.41, 5.74) is -1.64. The van der Waals surface area contributed by atoms with Crippen LogP contribution in [0.3, 0.4) is 0 Å². The van der Waals surface area contributed by atoms with Gasteiger partial charge in [0.05, 0.1) is 5.56 Å². The summed E-state index contributed by atoms with van der Waals surface area (Å²) >= 11 is 0. The van der Waals surface area contributed by atoms with Gasteiger partial charge in [-0.2, -0.15) is 13.2 Å². The maximum absolute atomic E-state index is 13.3. The summed E-state index contributed by atoms with van der Waals surface area (Å²) in [5.74, 6) is -2.02. The lowest BCUT2D eigenvalue weighted by Crippen LogP contribution is -2.42. The average Bonchev–Trinajstić information content (AvgIpc) is 2.56. The molecule has 1 aliphatic carbocycles. The minimum atomic E-state index is -4.86. The van der Waals surface area contributed by atoms with Crippen molar-refractivity contribution in [3.8, 4) is 0 Å². The molecule has 2 amide bonds. The Labute approximate surface area is 149 Å². The van der Waals surface area contributed by atoms with E-state index in [2.05, 4.69) is 10.6 Å². The first-order valence-electron chi connectivity index (χ1n) is 8.64. The van der Waals surface area contributed by atoms with Crippen LogP contribution in [0.5, 0.6) is 0 Å². The van der Waals surface area contributed by atoms with Gasteiger partial charge in [0.25, 0.3) is 0 Å². The number of alkyl halides is 3. The van der Waals surface area contributed by atoms with E-state index >= 15 is 0 Å². The number of benzene rings is 1. The number of carbonyl (C=O) groups excluding carboxylic acids is 2. The average molecular weight is 374 g/mol. The van der Waals surface area contributed by atoms with Crippen LogP contribution >= 0.6 is 0 Å². The van der Waals surface area contributed by atoms with Gasteiger partial charge in [0, 0.05) is 12.1 Å². The van der Waals surface area contributed by atoms with Crippen LogP contribution in [0.1, 0.15) is 51.0 Å². The van der Waals surface area contributed by atoms with Crippen molar-refractivity contribution in [1.29, 1.82) is 0 Å². The van der Waals surface area contributed by atoms with E-state index in [1.165, 1.54) is 13.3 Å². The molecule has 2 rings (SSSR count). The SMILES string of the molecule is CC(NC(=O)CC1CCCCC1)C(=O)Nc1ccc(F)c(C(F)(F)F)c1. The van der Waals surface area contributed by atoms with Crippen molar-refractivity contribution >= 4 is 17.5 Å². The fourth-order valence-electron chi connectivity index (χ4n) is 3.09. The number of rotatable bonds is 5. The molecule has 1 aromatic rings. The molecule has 4 nitrogen and oxygen atoms in total. The van der Waals surface area contributed by atoms with Crippen LogP contribution in [-0.4, -0.2) is 17.9 Å². The van der Waals surface area contributed by atoms with Crippen molar-refractivity contribution in [2.45, 2.75) is 57.7 Å². The first-order chi connectivity index (χ1) is 12.2. The standard InChI is InChI=1S/C18H22F4N2O2/c1-11(23-16(25)9-12-5-3-2-4-6-12)17(26)24-13-7-8-15(19)14(10-13)18(20,21)22/h7-8,10-12H,2-6,9H2,1H3,(H,23,25)(H,24,26). The van der Waals surface area contributed by atoms with Crippen LogP contribution in [0, 0.1) is 11.7 Å². The molecule has 1 fully saturated rings. The van der Waals surface area contributed by atoms with Crippen LogP contribution in [0.4, 0.5) is 23.2 Å². The van der Waals surface area contributed by atoms with E-state index in [9.17, 15) is 27.2 Å². The van der Waals surface area contributed by atoms with Crippen LogP contribution < -0.4 is 10.6 Å². The van der Waals surface area contributed by atoms with Gasteiger partial charge < -0.3 is 10.6 Å². The third-order valence-electron chi connectivity index (χ3n) is 4.51. The zero-order valence-electron chi connectivity index (χ0n) is 14.5. The number of amides is 2. The number of hydrogen-bond acceptors (Lipinski definition) is 2. The monoisotopic (exact) mass is 374 g/mol. The summed E-state index contributed by atoms with van der Waals surface area (Å²) in [5, 5.41) is 4.83. The lowest BCUT2D eigenvalue weighted by Gasteiger charge is -2.22. The highest BCUT2D eigenvalue weighted by molar-refractivity contribution is 5.96. The summed E-state index contributed by atoms with van der Waals surface area (Å²) in [7, 11) is 0. The minimum absolute atomic E-state index is 0.183. The van der Waals surface area contributed by atoms with Crippen molar-refractivity contribution in [3.05, 3.63) is 29.6 Å². The normalized spacial score (nSPS) is 16.8. The Balaban J connectivity index is 1.91. The van der Waals surface area contributed by atoms with E-state index < -0.39 is 29.5 Å². The molecule has 2 N–H and O–H groups in total. The molecular weight excluding hydrogens is 352 g/mol. The molecule has 1 aromatic carbocycles.